The van der Waals surface area contributed by atoms with Gasteiger partial charge in [-0.2, -0.15) is 0 Å². The van der Waals surface area contributed by atoms with Crippen molar-refractivity contribution in [1.29, 1.82) is 0 Å². The zero-order chi connectivity index (χ0) is 0. The van der Waals surface area contributed by atoms with Crippen LogP contribution in [0.5, 0.6) is 0 Å². The molecule has 11 heteroatoms. The molecule has 0 bridgehead atoms. The molecule has 0 aliphatic rings. The molecule has 0 rings (SSSR count). The number of rotatable bonds is 0. The minimum atomic E-state index is 0. The molecule has 0 saturated heterocycles. The smallest absolute Gasteiger partial charge is 2.00 e. The van der Waals surface area contributed by atoms with Crippen LogP contribution in [0.4, 0.5) is 0 Å². The van der Waals surface area contributed by atoms with Gasteiger partial charge in [-0.15, -0.1) is 0 Å². The Morgan fingerprint density at radius 3 is 0.273 bits per heavy atom. The molecule has 0 amide bonds. The van der Waals surface area contributed by atoms with Gasteiger partial charge in [0.25, 0.3) is 0 Å². The van der Waals surface area contributed by atoms with Crippen molar-refractivity contribution in [2.75, 3.05) is 0 Å². The Morgan fingerprint density at radius 2 is 0.273 bits per heavy atom. The third-order valence-electron chi connectivity index (χ3n) is 0. The first kappa shape index (κ1) is 177. The second-order valence-corrected chi connectivity index (χ2v) is 0. The van der Waals surface area contributed by atoms with Crippen LogP contribution in [-0.2, 0) is 90.7 Å². The van der Waals surface area contributed by atoms with Crippen molar-refractivity contribution in [3.63, 3.8) is 0 Å². The van der Waals surface area contributed by atoms with E-state index in [0.29, 0.717) is 0 Å². The molecule has 0 aliphatic heterocycles. The molecule has 0 spiro atoms. The molecular weight excluding hydrogens is 609 g/mol. The summed E-state index contributed by atoms with van der Waals surface area (Å²) in [5.74, 6) is 0. The Morgan fingerprint density at radius 1 is 0.273 bits per heavy atom. The molecule has 0 aliphatic carbocycles. The second kappa shape index (κ2) is 143. The molecule has 0 atom stereocenters. The van der Waals surface area contributed by atoms with E-state index in [1.54, 1.807) is 0 Å². The maximum absolute atomic E-state index is 0. The molecule has 0 aromatic carbocycles. The molecule has 0 unspecified atom stereocenters. The Bertz CT molecular complexity index is 14.4. The number of hydrogen-bond acceptors (Lipinski definition) is 0. The first-order valence-corrected chi connectivity index (χ1v) is 0. The van der Waals surface area contributed by atoms with Crippen molar-refractivity contribution < 1.29 is 171 Å². The van der Waals surface area contributed by atoms with Crippen LogP contribution in [0, 0.1) is 79.9 Å². The molecule has 0 fully saturated rings. The summed E-state index contributed by atoms with van der Waals surface area (Å²) in [6, 6.07) is 0. The zero-order valence-electron chi connectivity index (χ0n) is 4.56. The van der Waals surface area contributed by atoms with Crippen molar-refractivity contribution in [3.8, 4) is 0 Å². The average molecular weight is 609 g/mol. The SMILES string of the molecule is [Gd+3].[Gd+3].[O-2].[O-2].[O-2].[O-2].[O-2].[O-2].[O-2].[Zr+4].[Zr+4]. The Kier molecular flexibility index (Phi) is 2290. The van der Waals surface area contributed by atoms with Crippen molar-refractivity contribution in [1.82, 2.24) is 0 Å². The average Bonchev–Trinajstić information content (AvgIpc) is 0. The van der Waals surface area contributed by atoms with Gasteiger partial charge in [0.1, 0.15) is 0 Å². The normalized spacial score (nSPS) is 0. The summed E-state index contributed by atoms with van der Waals surface area (Å²) in [4.78, 5) is 0. The van der Waals surface area contributed by atoms with E-state index in [2.05, 4.69) is 0 Å². The van der Waals surface area contributed by atoms with Gasteiger partial charge in [-0.05, 0) is 0 Å². The van der Waals surface area contributed by atoms with Gasteiger partial charge in [0.2, 0.25) is 0 Å². The fourth-order valence-corrected chi connectivity index (χ4v) is 0. The van der Waals surface area contributed by atoms with Gasteiger partial charge in [0.05, 0.1) is 0 Å². The van der Waals surface area contributed by atoms with E-state index >= 15 is 0 Å². The Balaban J connectivity index is 0. The van der Waals surface area contributed by atoms with E-state index in [0.717, 1.165) is 0 Å². The molecular formula is Gd2O7Zr2. The second-order valence-electron chi connectivity index (χ2n) is 0. The summed E-state index contributed by atoms with van der Waals surface area (Å²) >= 11 is 0. The largest absolute Gasteiger partial charge is 4.00 e. The summed E-state index contributed by atoms with van der Waals surface area (Å²) in [5.41, 5.74) is 0. The standard InChI is InChI=1S/2Gd.7O.2Zr/q2*+3;7*-2;2*+4. The summed E-state index contributed by atoms with van der Waals surface area (Å²) < 4.78 is 0. The van der Waals surface area contributed by atoms with Crippen LogP contribution < -0.4 is 0 Å². The molecule has 11 heavy (non-hydrogen) atoms. The van der Waals surface area contributed by atoms with Crippen molar-refractivity contribution in [2.45, 2.75) is 0 Å². The van der Waals surface area contributed by atoms with Crippen molar-refractivity contribution in [2.24, 2.45) is 0 Å². The first-order chi connectivity index (χ1) is 0. The van der Waals surface area contributed by atoms with Crippen LogP contribution in [0.2, 0.25) is 0 Å². The number of hydrogen-bond donors (Lipinski definition) is 0. The molecule has 7 nitrogen and oxygen atoms in total. The Hall–Kier alpha value is 4.14. The summed E-state index contributed by atoms with van der Waals surface area (Å²) in [5, 5.41) is 0. The van der Waals surface area contributed by atoms with Gasteiger partial charge in [-0.25, -0.2) is 0 Å². The third-order valence-corrected chi connectivity index (χ3v) is 0. The molecule has 0 heterocycles. The van der Waals surface area contributed by atoms with E-state index in [4.69, 9.17) is 0 Å². The maximum atomic E-state index is 0. The molecule has 0 aromatic heterocycles. The van der Waals surface area contributed by atoms with Gasteiger partial charge < -0.3 is 38.3 Å². The predicted molar refractivity (Wildman–Crippen MR) is 4.81 cm³/mol. The molecule has 0 aromatic rings. The summed E-state index contributed by atoms with van der Waals surface area (Å²) in [7, 11) is 0. The van der Waals surface area contributed by atoms with Crippen molar-refractivity contribution in [3.05, 3.63) is 0 Å². The molecule has 2 radical (unpaired) electrons. The van der Waals surface area contributed by atoms with Crippen LogP contribution >= 0.6 is 0 Å². The zero-order valence-corrected chi connectivity index (χ0v) is 14.0. The Labute approximate surface area is 167 Å². The van der Waals surface area contributed by atoms with Gasteiger partial charge in [0, 0.05) is 0 Å². The van der Waals surface area contributed by atoms with E-state index in [1.807, 2.05) is 0 Å². The molecule has 0 saturated carbocycles. The van der Waals surface area contributed by atoms with Crippen LogP contribution in [0.3, 0.4) is 0 Å². The van der Waals surface area contributed by atoms with Crippen LogP contribution in [0.1, 0.15) is 0 Å². The van der Waals surface area contributed by atoms with E-state index in [-0.39, 0.29) is 171 Å². The fraction of sp³-hybridized carbons (Fsp3) is 0. The predicted octanol–water partition coefficient (Wildman–Crippen LogP) is -0.837. The van der Waals surface area contributed by atoms with Crippen molar-refractivity contribution >= 4 is 0 Å². The van der Waals surface area contributed by atoms with E-state index < -0.39 is 0 Å². The van der Waals surface area contributed by atoms with Gasteiger partial charge in [-0.3, -0.25) is 0 Å². The fourth-order valence-electron chi connectivity index (χ4n) is 0. The van der Waals surface area contributed by atoms with Crippen LogP contribution in [0.25, 0.3) is 0 Å². The monoisotopic (exact) mass is 608 g/mol. The van der Waals surface area contributed by atoms with E-state index in [1.165, 1.54) is 0 Å². The quantitative estimate of drug-likeness (QED) is 0.331. The van der Waals surface area contributed by atoms with Crippen LogP contribution in [0.15, 0.2) is 0 Å². The van der Waals surface area contributed by atoms with Crippen LogP contribution in [-0.4, -0.2) is 0 Å². The molecule has 0 N–H and O–H groups in total. The minimum absolute atomic E-state index is 0. The third kappa shape index (κ3) is 122. The first-order valence-electron chi connectivity index (χ1n) is 0. The van der Waals surface area contributed by atoms with E-state index in [9.17, 15) is 0 Å². The summed E-state index contributed by atoms with van der Waals surface area (Å²) in [6.07, 6.45) is 0. The topological polar surface area (TPSA) is 200 Å². The van der Waals surface area contributed by atoms with Gasteiger partial charge in [-0.1, -0.05) is 0 Å². The van der Waals surface area contributed by atoms with Gasteiger partial charge >= 0.3 is 132 Å². The van der Waals surface area contributed by atoms with Gasteiger partial charge in [0.15, 0.2) is 0 Å². The summed E-state index contributed by atoms with van der Waals surface area (Å²) in [6.45, 7) is 0. The molecule has 66 valence electrons. The minimum Gasteiger partial charge on any atom is -2.00 e. The maximum Gasteiger partial charge on any atom is 4.00 e.